The van der Waals surface area contributed by atoms with Crippen LogP contribution in [0, 0.1) is 6.92 Å². The van der Waals surface area contributed by atoms with E-state index in [-0.39, 0.29) is 12.1 Å². The topological polar surface area (TPSA) is 90.4 Å². The predicted octanol–water partition coefficient (Wildman–Crippen LogP) is 1.96. The Balaban J connectivity index is 2.03. The van der Waals surface area contributed by atoms with Crippen LogP contribution >= 0.6 is 11.3 Å². The maximum atomic E-state index is 12.6. The Morgan fingerprint density at radius 2 is 1.96 bits per heavy atom. The first-order chi connectivity index (χ1) is 11.9. The third-order valence-corrected chi connectivity index (χ3v) is 4.77. The minimum Gasteiger partial charge on any atom is -0.497 e. The van der Waals surface area contributed by atoms with Crippen molar-refractivity contribution in [2.24, 2.45) is 0 Å². The van der Waals surface area contributed by atoms with Gasteiger partial charge < -0.3 is 9.47 Å². The maximum Gasteiger partial charge on any atom is 0.329 e. The fourth-order valence-electron chi connectivity index (χ4n) is 2.57. The fourth-order valence-corrected chi connectivity index (χ4v) is 3.46. The molecule has 0 aliphatic heterocycles. The second-order valence-corrected chi connectivity index (χ2v) is 6.67. The van der Waals surface area contributed by atoms with Crippen LogP contribution in [0.3, 0.4) is 0 Å². The molecule has 1 aromatic carbocycles. The van der Waals surface area contributed by atoms with E-state index in [4.69, 9.17) is 9.47 Å². The van der Waals surface area contributed by atoms with Gasteiger partial charge in [0.1, 0.15) is 16.3 Å². The van der Waals surface area contributed by atoms with E-state index in [2.05, 4.69) is 4.98 Å². The first kappa shape index (κ1) is 17.0. The molecular weight excluding hydrogens is 344 g/mol. The van der Waals surface area contributed by atoms with Crippen molar-refractivity contribution in [2.75, 3.05) is 14.2 Å². The van der Waals surface area contributed by atoms with Crippen LogP contribution < -0.4 is 20.7 Å². The van der Waals surface area contributed by atoms with E-state index in [0.717, 1.165) is 9.44 Å². The van der Waals surface area contributed by atoms with Gasteiger partial charge in [0.05, 0.1) is 31.7 Å². The predicted molar refractivity (Wildman–Crippen MR) is 95.3 cm³/mol. The molecule has 0 amide bonds. The normalized spacial score (nSPS) is 10.8. The van der Waals surface area contributed by atoms with Gasteiger partial charge in [-0.25, -0.2) is 4.79 Å². The van der Waals surface area contributed by atoms with Crippen molar-refractivity contribution in [3.63, 3.8) is 0 Å². The summed E-state index contributed by atoms with van der Waals surface area (Å²) >= 11 is 1.33. The molecule has 0 aliphatic rings. The third-order valence-electron chi connectivity index (χ3n) is 3.81. The largest absolute Gasteiger partial charge is 0.497 e. The van der Waals surface area contributed by atoms with Gasteiger partial charge in [0, 0.05) is 10.9 Å². The highest BCUT2D eigenvalue weighted by Crippen LogP contribution is 2.25. The van der Waals surface area contributed by atoms with Crippen LogP contribution in [0.2, 0.25) is 0 Å². The van der Waals surface area contributed by atoms with Crippen molar-refractivity contribution in [1.29, 1.82) is 0 Å². The van der Waals surface area contributed by atoms with Gasteiger partial charge in [-0.15, -0.1) is 11.3 Å². The highest BCUT2D eigenvalue weighted by Gasteiger charge is 2.17. The van der Waals surface area contributed by atoms with Crippen LogP contribution in [0.4, 0.5) is 0 Å². The molecule has 8 heteroatoms. The number of fused-ring (bicyclic) bond motifs is 1. The average Bonchev–Trinajstić information content (AvgIpc) is 2.98. The summed E-state index contributed by atoms with van der Waals surface area (Å²) in [7, 11) is 2.94. The van der Waals surface area contributed by atoms with Gasteiger partial charge in [-0.1, -0.05) is 0 Å². The van der Waals surface area contributed by atoms with E-state index < -0.39 is 17.0 Å². The second kappa shape index (κ2) is 6.56. The number of nitrogens with one attached hydrogen (secondary N) is 1. The lowest BCUT2D eigenvalue weighted by molar-refractivity contribution is 0.0966. The number of carbonyl (C=O) groups is 1. The van der Waals surface area contributed by atoms with Crippen molar-refractivity contribution in [3.05, 3.63) is 55.5 Å². The fraction of sp³-hybridized carbons (Fsp3) is 0.235. The number of ether oxygens (including phenoxy) is 2. The van der Waals surface area contributed by atoms with Crippen LogP contribution in [0.5, 0.6) is 11.5 Å². The van der Waals surface area contributed by atoms with Crippen molar-refractivity contribution < 1.29 is 14.3 Å². The van der Waals surface area contributed by atoms with Crippen molar-refractivity contribution in [2.45, 2.75) is 13.5 Å². The summed E-state index contributed by atoms with van der Waals surface area (Å²) in [5, 5.41) is 0.400. The van der Waals surface area contributed by atoms with Gasteiger partial charge >= 0.3 is 5.69 Å². The Labute approximate surface area is 146 Å². The molecule has 7 nitrogen and oxygen atoms in total. The summed E-state index contributed by atoms with van der Waals surface area (Å²) in [5.74, 6) is 0.457. The summed E-state index contributed by atoms with van der Waals surface area (Å²) in [6.45, 7) is 1.47. The molecule has 2 heterocycles. The number of rotatable bonds is 5. The number of aromatic nitrogens is 2. The van der Waals surface area contributed by atoms with Crippen molar-refractivity contribution in [3.8, 4) is 11.5 Å². The SMILES string of the molecule is COc1ccc(C(=O)Cn2c(=O)[nH]c3sc(C)cc3c2=O)c(OC)c1. The Hall–Kier alpha value is -2.87. The molecule has 3 rings (SSSR count). The Morgan fingerprint density at radius 3 is 2.64 bits per heavy atom. The van der Waals surface area contributed by atoms with Crippen molar-refractivity contribution in [1.82, 2.24) is 9.55 Å². The third kappa shape index (κ3) is 3.08. The zero-order chi connectivity index (χ0) is 18.1. The lowest BCUT2D eigenvalue weighted by atomic mass is 10.1. The van der Waals surface area contributed by atoms with Gasteiger partial charge in [0.2, 0.25) is 0 Å². The summed E-state index contributed by atoms with van der Waals surface area (Å²) in [6.07, 6.45) is 0. The Bertz CT molecular complexity index is 1080. The van der Waals surface area contributed by atoms with E-state index in [1.54, 1.807) is 24.3 Å². The number of ketones is 1. The number of aryl methyl sites for hydroxylation is 1. The molecule has 1 N–H and O–H groups in total. The molecular formula is C17H16N2O5S. The number of hydrogen-bond donors (Lipinski definition) is 1. The van der Waals surface area contributed by atoms with E-state index in [0.29, 0.717) is 21.7 Å². The molecule has 2 aromatic heterocycles. The minimum absolute atomic E-state index is 0.274. The average molecular weight is 360 g/mol. The number of nitrogens with zero attached hydrogens (tertiary/aromatic N) is 1. The minimum atomic E-state index is -0.611. The number of carbonyl (C=O) groups excluding carboxylic acids is 1. The Morgan fingerprint density at radius 1 is 1.20 bits per heavy atom. The molecule has 0 aliphatic carbocycles. The molecule has 0 bridgehead atoms. The molecule has 0 saturated carbocycles. The van der Waals surface area contributed by atoms with Crippen LogP contribution in [0.25, 0.3) is 10.2 Å². The molecule has 0 unspecified atom stereocenters. The molecule has 130 valence electrons. The standard InChI is InChI=1S/C17H16N2O5S/c1-9-6-12-15(25-9)18-17(22)19(16(12)21)8-13(20)11-5-4-10(23-2)7-14(11)24-3/h4-7H,8H2,1-3H3,(H,18,22). The quantitative estimate of drug-likeness (QED) is 0.703. The number of hydrogen-bond acceptors (Lipinski definition) is 6. The van der Waals surface area contributed by atoms with E-state index in [9.17, 15) is 14.4 Å². The molecule has 3 aromatic rings. The lowest BCUT2D eigenvalue weighted by Gasteiger charge is -2.10. The lowest BCUT2D eigenvalue weighted by Crippen LogP contribution is -2.37. The zero-order valence-corrected chi connectivity index (χ0v) is 14.7. The van der Waals surface area contributed by atoms with E-state index in [1.165, 1.54) is 25.6 Å². The number of methoxy groups -OCH3 is 2. The van der Waals surface area contributed by atoms with Gasteiger partial charge in [-0.3, -0.25) is 19.1 Å². The van der Waals surface area contributed by atoms with Gasteiger partial charge in [-0.05, 0) is 25.1 Å². The second-order valence-electron chi connectivity index (χ2n) is 5.41. The van der Waals surface area contributed by atoms with Gasteiger partial charge in [0.25, 0.3) is 5.56 Å². The number of H-pyrrole nitrogens is 1. The summed E-state index contributed by atoms with van der Waals surface area (Å²) in [6, 6.07) is 6.44. The van der Waals surface area contributed by atoms with Crippen LogP contribution in [-0.4, -0.2) is 29.6 Å². The summed E-state index contributed by atoms with van der Waals surface area (Å²) < 4.78 is 11.2. The molecule has 0 atom stereocenters. The first-order valence-corrected chi connectivity index (χ1v) is 8.24. The zero-order valence-electron chi connectivity index (χ0n) is 13.9. The highest BCUT2D eigenvalue weighted by molar-refractivity contribution is 7.18. The molecule has 0 saturated heterocycles. The molecule has 0 radical (unpaired) electrons. The highest BCUT2D eigenvalue weighted by atomic mass is 32.1. The van der Waals surface area contributed by atoms with Crippen molar-refractivity contribution >= 4 is 27.3 Å². The number of Topliss-reactive ketones (excluding diaryl/α,β-unsaturated/α-hetero) is 1. The summed E-state index contributed by atoms with van der Waals surface area (Å²) in [5.41, 5.74) is -0.819. The van der Waals surface area contributed by atoms with Crippen LogP contribution in [-0.2, 0) is 6.54 Å². The molecule has 0 spiro atoms. The van der Waals surface area contributed by atoms with E-state index in [1.807, 2.05) is 6.92 Å². The molecule has 0 fully saturated rings. The first-order valence-electron chi connectivity index (χ1n) is 7.43. The maximum absolute atomic E-state index is 12.6. The Kier molecular flexibility index (Phi) is 4.45. The van der Waals surface area contributed by atoms with Crippen LogP contribution in [0.15, 0.2) is 33.9 Å². The van der Waals surface area contributed by atoms with Gasteiger partial charge in [-0.2, -0.15) is 0 Å². The number of aromatic amines is 1. The number of benzene rings is 1. The smallest absolute Gasteiger partial charge is 0.329 e. The summed E-state index contributed by atoms with van der Waals surface area (Å²) in [4.78, 5) is 41.4. The molecule has 25 heavy (non-hydrogen) atoms. The van der Waals surface area contributed by atoms with Gasteiger partial charge in [0.15, 0.2) is 5.78 Å². The van der Waals surface area contributed by atoms with Crippen LogP contribution in [0.1, 0.15) is 15.2 Å². The van der Waals surface area contributed by atoms with E-state index >= 15 is 0 Å². The monoisotopic (exact) mass is 360 g/mol. The number of thiophene rings is 1.